The Morgan fingerprint density at radius 2 is 1.86 bits per heavy atom. The van der Waals surface area contributed by atoms with Crippen LogP contribution >= 0.6 is 11.6 Å². The minimum atomic E-state index is -0.269. The summed E-state index contributed by atoms with van der Waals surface area (Å²) in [6.45, 7) is 3.00. The molecule has 0 saturated carbocycles. The smallest absolute Gasteiger partial charge is 0.224 e. The number of pyridine rings is 1. The molecule has 1 fully saturated rings. The highest BCUT2D eigenvalue weighted by Gasteiger charge is 2.22. The average molecular weight is 413 g/mol. The molecule has 0 N–H and O–H groups in total. The molecule has 1 aliphatic rings. The van der Waals surface area contributed by atoms with Crippen molar-refractivity contribution in [3.05, 3.63) is 83.0 Å². The number of aromatic nitrogens is 2. The molecule has 4 rings (SSSR count). The molecule has 1 amide bonds. The van der Waals surface area contributed by atoms with Crippen LogP contribution in [0, 0.1) is 5.82 Å². The summed E-state index contributed by atoms with van der Waals surface area (Å²) in [6.07, 6.45) is 4.03. The van der Waals surface area contributed by atoms with Gasteiger partial charge < -0.3 is 9.47 Å². The Kier molecular flexibility index (Phi) is 5.92. The van der Waals surface area contributed by atoms with E-state index in [-0.39, 0.29) is 11.7 Å². The Labute approximate surface area is 174 Å². The van der Waals surface area contributed by atoms with Crippen molar-refractivity contribution >= 4 is 17.5 Å². The van der Waals surface area contributed by atoms with E-state index < -0.39 is 0 Å². The normalized spacial score (nSPS) is 15.5. The predicted octanol–water partition coefficient (Wildman–Crippen LogP) is 3.90. The summed E-state index contributed by atoms with van der Waals surface area (Å²) in [7, 11) is 0. The molecule has 5 nitrogen and oxygen atoms in total. The first-order valence-corrected chi connectivity index (χ1v) is 9.99. The number of hydrogen-bond donors (Lipinski definition) is 0. The predicted molar refractivity (Wildman–Crippen MR) is 110 cm³/mol. The Morgan fingerprint density at radius 1 is 1.00 bits per heavy atom. The van der Waals surface area contributed by atoms with Gasteiger partial charge in [0.1, 0.15) is 11.6 Å². The van der Waals surface area contributed by atoms with Crippen LogP contribution in [0.1, 0.15) is 17.7 Å². The van der Waals surface area contributed by atoms with E-state index >= 15 is 0 Å². The molecule has 150 valence electrons. The molecule has 7 heteroatoms. The lowest BCUT2D eigenvalue weighted by molar-refractivity contribution is -0.131. The molecule has 1 aromatic carbocycles. The van der Waals surface area contributed by atoms with E-state index in [0.29, 0.717) is 43.2 Å². The number of rotatable bonds is 5. The Bertz CT molecular complexity index is 988. The molecule has 3 heterocycles. The number of nitrogens with zero attached hydrogens (tertiary/aromatic N) is 4. The van der Waals surface area contributed by atoms with Crippen LogP contribution in [0.5, 0.6) is 0 Å². The van der Waals surface area contributed by atoms with Crippen molar-refractivity contribution in [1.29, 1.82) is 0 Å². The number of hydrogen-bond acceptors (Lipinski definition) is 3. The topological polar surface area (TPSA) is 41.4 Å². The summed E-state index contributed by atoms with van der Waals surface area (Å²) < 4.78 is 16.0. The summed E-state index contributed by atoms with van der Waals surface area (Å²) >= 11 is 5.94. The van der Waals surface area contributed by atoms with Gasteiger partial charge >= 0.3 is 0 Å². The molecule has 0 spiro atoms. The van der Waals surface area contributed by atoms with Crippen molar-refractivity contribution in [2.75, 3.05) is 19.6 Å². The van der Waals surface area contributed by atoms with E-state index in [0.717, 1.165) is 18.1 Å². The van der Waals surface area contributed by atoms with Gasteiger partial charge in [-0.25, -0.2) is 9.37 Å². The van der Waals surface area contributed by atoms with Crippen LogP contribution in [-0.4, -0.2) is 44.9 Å². The van der Waals surface area contributed by atoms with E-state index in [4.69, 9.17) is 11.6 Å². The van der Waals surface area contributed by atoms with E-state index in [1.54, 1.807) is 29.3 Å². The molecule has 0 atom stereocenters. The van der Waals surface area contributed by atoms with Crippen LogP contribution in [-0.2, 0) is 17.9 Å². The van der Waals surface area contributed by atoms with E-state index in [1.807, 2.05) is 29.0 Å². The van der Waals surface area contributed by atoms with Crippen molar-refractivity contribution in [2.45, 2.75) is 19.5 Å². The zero-order valence-electron chi connectivity index (χ0n) is 16.0. The molecule has 29 heavy (non-hydrogen) atoms. The molecule has 0 unspecified atom stereocenters. The Morgan fingerprint density at radius 3 is 2.66 bits per heavy atom. The number of halogens is 2. The quantitative estimate of drug-likeness (QED) is 0.638. The minimum Gasteiger partial charge on any atom is -0.337 e. The number of carbonyl (C=O) groups excluding carboxylic acids is 1. The van der Waals surface area contributed by atoms with Crippen LogP contribution in [0.2, 0.25) is 5.02 Å². The van der Waals surface area contributed by atoms with Crippen molar-refractivity contribution in [3.63, 3.8) is 0 Å². The maximum Gasteiger partial charge on any atom is 0.224 e. The highest BCUT2D eigenvalue weighted by atomic mass is 35.5. The van der Waals surface area contributed by atoms with Gasteiger partial charge in [0.2, 0.25) is 5.91 Å². The average Bonchev–Trinajstić information content (AvgIpc) is 3.11. The van der Waals surface area contributed by atoms with Crippen molar-refractivity contribution in [2.24, 2.45) is 0 Å². The second-order valence-corrected chi connectivity index (χ2v) is 7.57. The molecular weight excluding hydrogens is 391 g/mol. The van der Waals surface area contributed by atoms with Crippen molar-refractivity contribution in [1.82, 2.24) is 19.4 Å². The summed E-state index contributed by atoms with van der Waals surface area (Å²) in [5.41, 5.74) is 1.65. The zero-order chi connectivity index (χ0) is 20.2. The maximum atomic E-state index is 14.0. The molecule has 0 radical (unpaired) electrons. The fraction of sp³-hybridized carbons (Fsp3) is 0.273. The van der Waals surface area contributed by atoms with Gasteiger partial charge in [0, 0.05) is 62.8 Å². The second-order valence-electron chi connectivity index (χ2n) is 7.14. The Balaban J connectivity index is 1.43. The van der Waals surface area contributed by atoms with Crippen LogP contribution in [0.4, 0.5) is 4.39 Å². The first-order valence-electron chi connectivity index (χ1n) is 9.62. The van der Waals surface area contributed by atoms with Gasteiger partial charge in [-0.3, -0.25) is 9.69 Å². The summed E-state index contributed by atoms with van der Waals surface area (Å²) in [6, 6.07) is 14.4. The van der Waals surface area contributed by atoms with E-state index in [2.05, 4.69) is 16.0 Å². The summed E-state index contributed by atoms with van der Waals surface area (Å²) in [4.78, 5) is 20.9. The van der Waals surface area contributed by atoms with Gasteiger partial charge in [-0.15, -0.1) is 0 Å². The van der Waals surface area contributed by atoms with Gasteiger partial charge in [-0.05, 0) is 30.3 Å². The molecule has 0 aliphatic carbocycles. The molecule has 0 bridgehead atoms. The number of amides is 1. The monoisotopic (exact) mass is 412 g/mol. The minimum absolute atomic E-state index is 0.0607. The lowest BCUT2D eigenvalue weighted by Gasteiger charge is -2.23. The maximum absolute atomic E-state index is 14.0. The summed E-state index contributed by atoms with van der Waals surface area (Å²) in [5.74, 6) is 0.599. The molecule has 2 aromatic heterocycles. The SMILES string of the molecule is O=C1CCN(Cc2cccn2-c2ccc(Cl)cn2)CCN1Cc1ccccc1F. The van der Waals surface area contributed by atoms with Gasteiger partial charge in [-0.2, -0.15) is 0 Å². The van der Waals surface area contributed by atoms with Gasteiger partial charge in [0.05, 0.1) is 5.02 Å². The molecule has 1 saturated heterocycles. The highest BCUT2D eigenvalue weighted by molar-refractivity contribution is 6.30. The van der Waals surface area contributed by atoms with Crippen LogP contribution in [0.15, 0.2) is 60.9 Å². The van der Waals surface area contributed by atoms with E-state index in [1.165, 1.54) is 6.07 Å². The highest BCUT2D eigenvalue weighted by Crippen LogP contribution is 2.17. The van der Waals surface area contributed by atoms with Crippen LogP contribution in [0.3, 0.4) is 0 Å². The molecular formula is C22H22ClFN4O. The van der Waals surface area contributed by atoms with Gasteiger partial charge in [-0.1, -0.05) is 29.8 Å². The molecule has 3 aromatic rings. The number of benzene rings is 1. The summed E-state index contributed by atoms with van der Waals surface area (Å²) in [5, 5.41) is 0.600. The lowest BCUT2D eigenvalue weighted by atomic mass is 10.2. The largest absolute Gasteiger partial charge is 0.337 e. The third-order valence-corrected chi connectivity index (χ3v) is 5.40. The lowest BCUT2D eigenvalue weighted by Crippen LogP contribution is -2.33. The van der Waals surface area contributed by atoms with Crippen LogP contribution in [0.25, 0.3) is 5.82 Å². The standard InChI is InChI=1S/C22H22ClFN4O/c23-18-7-8-21(25-14-18)28-10-3-5-19(28)16-26-11-9-22(29)27(13-12-26)15-17-4-1-2-6-20(17)24/h1-8,10,14H,9,11-13,15-16H2. The fourth-order valence-electron chi connectivity index (χ4n) is 3.58. The third kappa shape index (κ3) is 4.66. The zero-order valence-corrected chi connectivity index (χ0v) is 16.7. The fourth-order valence-corrected chi connectivity index (χ4v) is 3.69. The second kappa shape index (κ2) is 8.76. The van der Waals surface area contributed by atoms with Crippen molar-refractivity contribution < 1.29 is 9.18 Å². The van der Waals surface area contributed by atoms with Crippen LogP contribution < -0.4 is 0 Å². The number of carbonyl (C=O) groups is 1. The third-order valence-electron chi connectivity index (χ3n) is 5.18. The first kappa shape index (κ1) is 19.6. The molecule has 1 aliphatic heterocycles. The Hall–Kier alpha value is -2.70. The van der Waals surface area contributed by atoms with Crippen molar-refractivity contribution in [3.8, 4) is 5.82 Å². The first-order chi connectivity index (χ1) is 14.1. The van der Waals surface area contributed by atoms with Gasteiger partial charge in [0.25, 0.3) is 0 Å². The van der Waals surface area contributed by atoms with E-state index in [9.17, 15) is 9.18 Å². The van der Waals surface area contributed by atoms with Gasteiger partial charge in [0.15, 0.2) is 0 Å².